The maximum Gasteiger partial charge on any atom is 0.255 e. The van der Waals surface area contributed by atoms with Crippen molar-refractivity contribution in [3.63, 3.8) is 0 Å². The Labute approximate surface area is 172 Å². The summed E-state index contributed by atoms with van der Waals surface area (Å²) in [5, 5.41) is 6.64. The second kappa shape index (κ2) is 9.11. The predicted octanol–water partition coefficient (Wildman–Crippen LogP) is 3.32. The zero-order valence-corrected chi connectivity index (χ0v) is 18.0. The van der Waals surface area contributed by atoms with Crippen molar-refractivity contribution in [1.29, 1.82) is 0 Å². The van der Waals surface area contributed by atoms with Gasteiger partial charge >= 0.3 is 0 Å². The summed E-state index contributed by atoms with van der Waals surface area (Å²) in [7, 11) is 5.57. The SMILES string of the molecule is COc1ccccc1C(=O)N[C@H]1CC[C@@H](Nc2nc(C)c(C)c(N(C)C)n2)CC1. The summed E-state index contributed by atoms with van der Waals surface area (Å²) in [5.74, 6) is 2.15. The Morgan fingerprint density at radius 2 is 1.72 bits per heavy atom. The number of ether oxygens (including phenoxy) is 1. The lowest BCUT2D eigenvalue weighted by molar-refractivity contribution is 0.0923. The van der Waals surface area contributed by atoms with Gasteiger partial charge in [-0.05, 0) is 51.7 Å². The van der Waals surface area contributed by atoms with E-state index in [1.807, 2.05) is 45.0 Å². The molecule has 1 heterocycles. The Kier molecular flexibility index (Phi) is 6.56. The maximum absolute atomic E-state index is 12.6. The highest BCUT2D eigenvalue weighted by molar-refractivity contribution is 5.97. The molecule has 2 aromatic rings. The van der Waals surface area contributed by atoms with Gasteiger partial charge in [0.25, 0.3) is 5.91 Å². The third-order valence-electron chi connectivity index (χ3n) is 5.53. The van der Waals surface area contributed by atoms with Crippen molar-refractivity contribution in [2.45, 2.75) is 51.6 Å². The lowest BCUT2D eigenvalue weighted by Crippen LogP contribution is -2.40. The number of hydrogen-bond donors (Lipinski definition) is 2. The smallest absolute Gasteiger partial charge is 0.255 e. The number of carbonyl (C=O) groups excluding carboxylic acids is 1. The van der Waals surface area contributed by atoms with Crippen LogP contribution in [0.2, 0.25) is 0 Å². The van der Waals surface area contributed by atoms with E-state index in [-0.39, 0.29) is 11.9 Å². The van der Waals surface area contributed by atoms with Crippen LogP contribution in [0.4, 0.5) is 11.8 Å². The zero-order valence-electron chi connectivity index (χ0n) is 18.0. The van der Waals surface area contributed by atoms with Crippen molar-refractivity contribution >= 4 is 17.7 Å². The number of nitrogens with one attached hydrogen (secondary N) is 2. The first-order chi connectivity index (χ1) is 13.9. The van der Waals surface area contributed by atoms with Crippen molar-refractivity contribution in [2.24, 2.45) is 0 Å². The number of benzene rings is 1. The van der Waals surface area contributed by atoms with Crippen LogP contribution in [0.15, 0.2) is 24.3 Å². The third-order valence-corrected chi connectivity index (χ3v) is 5.53. The van der Waals surface area contributed by atoms with E-state index in [4.69, 9.17) is 4.74 Å². The summed E-state index contributed by atoms with van der Waals surface area (Å²) in [6, 6.07) is 7.80. The molecule has 1 aromatic carbocycles. The van der Waals surface area contributed by atoms with Crippen LogP contribution < -0.4 is 20.3 Å². The Bertz CT molecular complexity index is 860. The molecule has 3 rings (SSSR count). The fraction of sp³-hybridized carbons (Fsp3) is 0.500. The van der Waals surface area contributed by atoms with E-state index in [0.717, 1.165) is 42.8 Å². The van der Waals surface area contributed by atoms with Gasteiger partial charge in [0, 0.05) is 37.4 Å². The minimum Gasteiger partial charge on any atom is -0.496 e. The number of anilines is 2. The third kappa shape index (κ3) is 4.96. The van der Waals surface area contributed by atoms with Gasteiger partial charge in [0.2, 0.25) is 5.95 Å². The molecule has 0 unspecified atom stereocenters. The Morgan fingerprint density at radius 3 is 2.38 bits per heavy atom. The summed E-state index contributed by atoms with van der Waals surface area (Å²) in [6.07, 6.45) is 3.77. The van der Waals surface area contributed by atoms with Crippen LogP contribution in [0, 0.1) is 13.8 Å². The van der Waals surface area contributed by atoms with Gasteiger partial charge in [0.1, 0.15) is 11.6 Å². The lowest BCUT2D eigenvalue weighted by Gasteiger charge is -2.30. The molecule has 29 heavy (non-hydrogen) atoms. The lowest BCUT2D eigenvalue weighted by atomic mass is 9.91. The Balaban J connectivity index is 1.56. The molecular formula is C22H31N5O2. The summed E-state index contributed by atoms with van der Waals surface area (Å²) in [6.45, 7) is 4.06. The number of carbonyl (C=O) groups is 1. The van der Waals surface area contributed by atoms with Crippen LogP contribution >= 0.6 is 0 Å². The fourth-order valence-corrected chi connectivity index (χ4v) is 3.77. The van der Waals surface area contributed by atoms with Crippen molar-refractivity contribution < 1.29 is 9.53 Å². The molecule has 1 saturated carbocycles. The standard InChI is InChI=1S/C22H31N5O2/c1-14-15(2)23-22(26-20(14)27(3)4)25-17-12-10-16(11-13-17)24-21(28)18-8-6-7-9-19(18)29-5/h6-9,16-17H,10-13H2,1-5H3,(H,24,28)(H,23,25,26)/t16-,17+. The van der Waals surface area contributed by atoms with Crippen LogP contribution in [0.1, 0.15) is 47.3 Å². The predicted molar refractivity (Wildman–Crippen MR) is 116 cm³/mol. The van der Waals surface area contributed by atoms with E-state index in [0.29, 0.717) is 23.3 Å². The molecule has 1 amide bonds. The molecule has 0 bridgehead atoms. The second-order valence-corrected chi connectivity index (χ2v) is 7.84. The number of nitrogens with zero attached hydrogens (tertiary/aromatic N) is 3. The van der Waals surface area contributed by atoms with E-state index >= 15 is 0 Å². The Morgan fingerprint density at radius 1 is 1.07 bits per heavy atom. The van der Waals surface area contributed by atoms with Gasteiger partial charge in [0.15, 0.2) is 0 Å². The Hall–Kier alpha value is -2.83. The zero-order chi connectivity index (χ0) is 21.0. The monoisotopic (exact) mass is 397 g/mol. The summed E-state index contributed by atoms with van der Waals surface area (Å²) >= 11 is 0. The van der Waals surface area contributed by atoms with E-state index in [1.54, 1.807) is 19.2 Å². The van der Waals surface area contributed by atoms with Crippen LogP contribution in [0.5, 0.6) is 5.75 Å². The number of methoxy groups -OCH3 is 1. The average molecular weight is 398 g/mol. The molecular weight excluding hydrogens is 366 g/mol. The van der Waals surface area contributed by atoms with Gasteiger partial charge in [0.05, 0.1) is 12.7 Å². The number of hydrogen-bond acceptors (Lipinski definition) is 6. The number of rotatable bonds is 6. The normalized spacial score (nSPS) is 18.8. The average Bonchev–Trinajstić information content (AvgIpc) is 2.71. The van der Waals surface area contributed by atoms with Crippen molar-refractivity contribution in [3.8, 4) is 5.75 Å². The number of para-hydroxylation sites is 1. The topological polar surface area (TPSA) is 79.4 Å². The molecule has 0 radical (unpaired) electrons. The molecule has 7 heteroatoms. The van der Waals surface area contributed by atoms with E-state index < -0.39 is 0 Å². The fourth-order valence-electron chi connectivity index (χ4n) is 3.77. The molecule has 156 valence electrons. The molecule has 1 aromatic heterocycles. The van der Waals surface area contributed by atoms with Gasteiger partial charge < -0.3 is 20.3 Å². The van der Waals surface area contributed by atoms with Crippen molar-refractivity contribution in [2.75, 3.05) is 31.4 Å². The first kappa shape index (κ1) is 20.9. The molecule has 7 nitrogen and oxygen atoms in total. The second-order valence-electron chi connectivity index (χ2n) is 7.84. The molecule has 0 atom stereocenters. The summed E-state index contributed by atoms with van der Waals surface area (Å²) in [5.41, 5.74) is 2.67. The van der Waals surface area contributed by atoms with Gasteiger partial charge in [-0.2, -0.15) is 4.98 Å². The molecule has 0 saturated heterocycles. The van der Waals surface area contributed by atoms with Gasteiger partial charge in [-0.1, -0.05) is 12.1 Å². The number of aromatic nitrogens is 2. The quantitative estimate of drug-likeness (QED) is 0.778. The summed E-state index contributed by atoms with van der Waals surface area (Å²) < 4.78 is 5.30. The van der Waals surface area contributed by atoms with Crippen LogP contribution in [-0.2, 0) is 0 Å². The first-order valence-electron chi connectivity index (χ1n) is 10.1. The van der Waals surface area contributed by atoms with Crippen LogP contribution in [-0.4, -0.2) is 49.2 Å². The van der Waals surface area contributed by atoms with Gasteiger partial charge in [-0.15, -0.1) is 0 Å². The summed E-state index contributed by atoms with van der Waals surface area (Å²) in [4.78, 5) is 23.9. The van der Waals surface area contributed by atoms with Crippen molar-refractivity contribution in [1.82, 2.24) is 15.3 Å². The van der Waals surface area contributed by atoms with Crippen LogP contribution in [0.25, 0.3) is 0 Å². The first-order valence-corrected chi connectivity index (χ1v) is 10.1. The minimum atomic E-state index is -0.0769. The molecule has 1 aliphatic carbocycles. The van der Waals surface area contributed by atoms with E-state index in [1.165, 1.54) is 0 Å². The molecule has 1 aliphatic rings. The van der Waals surface area contributed by atoms with Gasteiger partial charge in [-0.3, -0.25) is 4.79 Å². The largest absolute Gasteiger partial charge is 0.496 e. The van der Waals surface area contributed by atoms with E-state index in [2.05, 4.69) is 20.6 Å². The highest BCUT2D eigenvalue weighted by Crippen LogP contribution is 2.25. The van der Waals surface area contributed by atoms with Crippen LogP contribution in [0.3, 0.4) is 0 Å². The number of amides is 1. The maximum atomic E-state index is 12.6. The molecule has 0 spiro atoms. The van der Waals surface area contributed by atoms with Gasteiger partial charge in [-0.25, -0.2) is 4.98 Å². The molecule has 2 N–H and O–H groups in total. The molecule has 1 fully saturated rings. The minimum absolute atomic E-state index is 0.0769. The molecule has 0 aliphatic heterocycles. The number of aryl methyl sites for hydroxylation is 1. The van der Waals surface area contributed by atoms with Crippen molar-refractivity contribution in [3.05, 3.63) is 41.1 Å². The highest BCUT2D eigenvalue weighted by Gasteiger charge is 2.24. The highest BCUT2D eigenvalue weighted by atomic mass is 16.5. The van der Waals surface area contributed by atoms with E-state index in [9.17, 15) is 4.79 Å².